The van der Waals surface area contributed by atoms with Gasteiger partial charge in [0.25, 0.3) is 0 Å². The quantitative estimate of drug-likeness (QED) is 0.296. The van der Waals surface area contributed by atoms with E-state index < -0.39 is 0 Å². The number of aromatic nitrogens is 1. The molecule has 0 aliphatic rings. The van der Waals surface area contributed by atoms with Gasteiger partial charge in [-0.05, 0) is 25.8 Å². The highest BCUT2D eigenvalue weighted by Crippen LogP contribution is 2.10. The molecule has 23 heavy (non-hydrogen) atoms. The Morgan fingerprint density at radius 3 is 2.65 bits per heavy atom. The Kier molecular flexibility index (Phi) is 9.86. The van der Waals surface area contributed by atoms with E-state index in [2.05, 4.69) is 45.0 Å². The second-order valence-electron chi connectivity index (χ2n) is 5.09. The van der Waals surface area contributed by atoms with Crippen molar-refractivity contribution in [3.63, 3.8) is 0 Å². The number of nitrogens with zero attached hydrogens (tertiary/aromatic N) is 2. The molecule has 0 amide bonds. The number of aliphatic imine (C=N–C) groups is 1. The summed E-state index contributed by atoms with van der Waals surface area (Å²) >= 11 is 1.74. The van der Waals surface area contributed by atoms with Gasteiger partial charge in [0.15, 0.2) is 5.96 Å². The van der Waals surface area contributed by atoms with Gasteiger partial charge in [0, 0.05) is 30.6 Å². The molecule has 0 bridgehead atoms. The Balaban J connectivity index is 0.00000264. The second-order valence-corrected chi connectivity index (χ2v) is 6.04. The number of halogens is 1. The van der Waals surface area contributed by atoms with Crippen molar-refractivity contribution in [3.05, 3.63) is 52.0 Å². The first kappa shape index (κ1) is 19.9. The highest BCUT2D eigenvalue weighted by Gasteiger charge is 2.00. The van der Waals surface area contributed by atoms with Crippen LogP contribution >= 0.6 is 35.3 Å². The lowest BCUT2D eigenvalue weighted by atomic mass is 10.2. The Hall–Kier alpha value is -1.15. The number of aryl methyl sites for hydroxylation is 2. The molecule has 1 heterocycles. The van der Waals surface area contributed by atoms with E-state index in [-0.39, 0.29) is 24.0 Å². The van der Waals surface area contributed by atoms with Gasteiger partial charge in [-0.25, -0.2) is 9.98 Å². The van der Waals surface area contributed by atoms with Gasteiger partial charge in [0.2, 0.25) is 0 Å². The molecule has 0 radical (unpaired) electrons. The van der Waals surface area contributed by atoms with Crippen molar-refractivity contribution in [2.45, 2.75) is 33.2 Å². The normalized spacial score (nSPS) is 11.0. The van der Waals surface area contributed by atoms with Crippen molar-refractivity contribution >= 4 is 41.3 Å². The van der Waals surface area contributed by atoms with E-state index in [0.29, 0.717) is 6.54 Å². The van der Waals surface area contributed by atoms with Crippen LogP contribution < -0.4 is 10.6 Å². The highest BCUT2D eigenvalue weighted by molar-refractivity contribution is 14.0. The predicted molar refractivity (Wildman–Crippen MR) is 110 cm³/mol. The molecule has 4 nitrogen and oxygen atoms in total. The zero-order chi connectivity index (χ0) is 15.6. The summed E-state index contributed by atoms with van der Waals surface area (Å²) in [6.07, 6.45) is 2.08. The molecule has 1 aromatic heterocycles. The highest BCUT2D eigenvalue weighted by atomic mass is 127. The van der Waals surface area contributed by atoms with Gasteiger partial charge in [-0.3, -0.25) is 0 Å². The average molecular weight is 444 g/mol. The molecule has 2 rings (SSSR count). The van der Waals surface area contributed by atoms with E-state index in [1.54, 1.807) is 11.3 Å². The van der Waals surface area contributed by atoms with Crippen LogP contribution in [-0.4, -0.2) is 24.0 Å². The molecule has 0 saturated heterocycles. The van der Waals surface area contributed by atoms with Gasteiger partial charge in [0.1, 0.15) is 0 Å². The minimum Gasteiger partial charge on any atom is -0.357 e. The summed E-state index contributed by atoms with van der Waals surface area (Å²) in [5.74, 6) is 0.877. The molecular formula is C17H25IN4S. The van der Waals surface area contributed by atoms with Crippen molar-refractivity contribution < 1.29 is 0 Å². The topological polar surface area (TPSA) is 49.3 Å². The number of thiazole rings is 1. The van der Waals surface area contributed by atoms with E-state index in [9.17, 15) is 0 Å². The first-order chi connectivity index (χ1) is 10.8. The first-order valence-electron chi connectivity index (χ1n) is 7.75. The summed E-state index contributed by atoms with van der Waals surface area (Å²) in [6, 6.07) is 10.3. The van der Waals surface area contributed by atoms with Crippen molar-refractivity contribution in [1.29, 1.82) is 0 Å². The fourth-order valence-electron chi connectivity index (χ4n) is 2.06. The van der Waals surface area contributed by atoms with Crippen molar-refractivity contribution in [1.82, 2.24) is 15.6 Å². The summed E-state index contributed by atoms with van der Waals surface area (Å²) in [5, 5.41) is 9.98. The summed E-state index contributed by atoms with van der Waals surface area (Å²) in [6.45, 7) is 6.59. The molecule has 0 saturated carbocycles. The molecule has 126 valence electrons. The van der Waals surface area contributed by atoms with Crippen LogP contribution in [0.25, 0.3) is 0 Å². The lowest BCUT2D eigenvalue weighted by molar-refractivity contribution is 0.740. The largest absolute Gasteiger partial charge is 0.357 e. The fourth-order valence-corrected chi connectivity index (χ4v) is 2.88. The maximum Gasteiger partial charge on any atom is 0.191 e. The molecule has 0 spiro atoms. The van der Waals surface area contributed by atoms with Crippen LogP contribution in [0.2, 0.25) is 0 Å². The van der Waals surface area contributed by atoms with Gasteiger partial charge in [-0.1, -0.05) is 30.3 Å². The summed E-state index contributed by atoms with van der Waals surface area (Å²) < 4.78 is 0. The zero-order valence-corrected chi connectivity index (χ0v) is 16.9. The minimum absolute atomic E-state index is 0. The van der Waals surface area contributed by atoms with E-state index in [1.165, 1.54) is 10.6 Å². The standard InChI is InChI=1S/C17H24N4S.HI/c1-3-18-17(20-12-15-8-5-4-6-9-15)19-11-7-10-16-21-14(2)13-22-16;/h4-6,8-9,13H,3,7,10-12H2,1-2H3,(H2,18,19,20);1H. The monoisotopic (exact) mass is 444 g/mol. The third-order valence-corrected chi connectivity index (χ3v) is 4.16. The van der Waals surface area contributed by atoms with Crippen molar-refractivity contribution in [2.24, 2.45) is 4.99 Å². The number of hydrogen-bond donors (Lipinski definition) is 2. The van der Waals surface area contributed by atoms with Gasteiger partial charge in [-0.2, -0.15) is 0 Å². The van der Waals surface area contributed by atoms with Gasteiger partial charge in [-0.15, -0.1) is 35.3 Å². The lowest BCUT2D eigenvalue weighted by Gasteiger charge is -2.10. The van der Waals surface area contributed by atoms with E-state index in [1.807, 2.05) is 25.1 Å². The Morgan fingerprint density at radius 1 is 1.22 bits per heavy atom. The van der Waals surface area contributed by atoms with E-state index >= 15 is 0 Å². The maximum atomic E-state index is 4.61. The average Bonchev–Trinajstić information content (AvgIpc) is 2.95. The SMILES string of the molecule is CCNC(=NCc1ccccc1)NCCCc1nc(C)cs1.I. The number of guanidine groups is 1. The smallest absolute Gasteiger partial charge is 0.191 e. The van der Waals surface area contributed by atoms with E-state index in [4.69, 9.17) is 0 Å². The van der Waals surface area contributed by atoms with Crippen LogP contribution in [0.15, 0.2) is 40.7 Å². The van der Waals surface area contributed by atoms with E-state index in [0.717, 1.165) is 37.6 Å². The minimum atomic E-state index is 0. The molecule has 2 N–H and O–H groups in total. The van der Waals surface area contributed by atoms with Crippen molar-refractivity contribution in [2.75, 3.05) is 13.1 Å². The Morgan fingerprint density at radius 2 is 2.00 bits per heavy atom. The molecule has 2 aromatic rings. The number of rotatable bonds is 7. The van der Waals surface area contributed by atoms with Crippen LogP contribution in [0, 0.1) is 6.92 Å². The molecular weight excluding hydrogens is 419 g/mol. The van der Waals surface area contributed by atoms with Crippen LogP contribution in [-0.2, 0) is 13.0 Å². The summed E-state index contributed by atoms with van der Waals surface area (Å²) in [5.41, 5.74) is 2.34. The molecule has 0 unspecified atom stereocenters. The molecule has 0 atom stereocenters. The first-order valence-corrected chi connectivity index (χ1v) is 8.63. The van der Waals surface area contributed by atoms with Crippen molar-refractivity contribution in [3.8, 4) is 0 Å². The van der Waals surface area contributed by atoms with Crippen LogP contribution in [0.4, 0.5) is 0 Å². The molecule has 0 aliphatic carbocycles. The van der Waals surface area contributed by atoms with Crippen LogP contribution in [0.3, 0.4) is 0 Å². The molecule has 1 aromatic carbocycles. The molecule has 0 fully saturated rings. The number of benzene rings is 1. The summed E-state index contributed by atoms with van der Waals surface area (Å²) in [4.78, 5) is 9.10. The lowest BCUT2D eigenvalue weighted by Crippen LogP contribution is -2.37. The van der Waals surface area contributed by atoms with Crippen LogP contribution in [0.5, 0.6) is 0 Å². The number of nitrogens with one attached hydrogen (secondary N) is 2. The third-order valence-electron chi connectivity index (χ3n) is 3.13. The second kappa shape index (κ2) is 11.4. The summed E-state index contributed by atoms with van der Waals surface area (Å²) in [7, 11) is 0. The molecule has 0 aliphatic heterocycles. The van der Waals surface area contributed by atoms with Gasteiger partial charge >= 0.3 is 0 Å². The predicted octanol–water partition coefficient (Wildman–Crippen LogP) is 3.76. The maximum absolute atomic E-state index is 4.61. The number of hydrogen-bond acceptors (Lipinski definition) is 3. The zero-order valence-electron chi connectivity index (χ0n) is 13.7. The third kappa shape index (κ3) is 7.78. The fraction of sp³-hybridized carbons (Fsp3) is 0.412. The van der Waals surface area contributed by atoms with Gasteiger partial charge < -0.3 is 10.6 Å². The Bertz CT molecular complexity index is 583. The molecule has 6 heteroatoms. The van der Waals surface area contributed by atoms with Gasteiger partial charge in [0.05, 0.1) is 11.6 Å². The van der Waals surface area contributed by atoms with Crippen LogP contribution in [0.1, 0.15) is 29.6 Å². The Labute approximate surface area is 159 Å².